The van der Waals surface area contributed by atoms with Gasteiger partial charge in [-0.15, -0.1) is 11.8 Å². The molecule has 12 heavy (non-hydrogen) atoms. The third-order valence-electron chi connectivity index (χ3n) is 1.29. The second kappa shape index (κ2) is 6.96. The van der Waals surface area contributed by atoms with Crippen LogP contribution in [0.1, 0.15) is 27.7 Å². The maximum absolute atomic E-state index is 5.42. The first-order valence-electron chi connectivity index (χ1n) is 4.12. The Balaban J connectivity index is 0. The van der Waals surface area contributed by atoms with Crippen molar-refractivity contribution in [2.24, 2.45) is 11.8 Å². The van der Waals surface area contributed by atoms with Crippen LogP contribution in [0.15, 0.2) is 0 Å². The molecule has 0 fully saturated rings. The molecule has 0 aliphatic heterocycles. The van der Waals surface area contributed by atoms with Crippen LogP contribution in [0.5, 0.6) is 0 Å². The molecule has 0 N–H and O–H groups in total. The zero-order chi connectivity index (χ0) is 9.07. The van der Waals surface area contributed by atoms with Crippen molar-refractivity contribution in [2.45, 2.75) is 27.7 Å². The van der Waals surface area contributed by atoms with E-state index in [1.54, 1.807) is 0 Å². The van der Waals surface area contributed by atoms with Gasteiger partial charge in [0.1, 0.15) is 0 Å². The van der Waals surface area contributed by atoms with Crippen molar-refractivity contribution in [3.05, 3.63) is 0 Å². The molecule has 0 aromatic carbocycles. The molecule has 0 rings (SSSR count). The number of hydrogen-bond donors (Lipinski definition) is 0. The van der Waals surface area contributed by atoms with Gasteiger partial charge in [-0.2, -0.15) is 5.24 Å². The summed E-state index contributed by atoms with van der Waals surface area (Å²) in [6, 6.07) is 0. The van der Waals surface area contributed by atoms with E-state index in [0.717, 1.165) is 12.3 Å². The average Bonchev–Trinajstić information content (AvgIpc) is 1.53. The number of rotatable bonds is 4. The molecule has 0 saturated carbocycles. The van der Waals surface area contributed by atoms with Gasteiger partial charge in [0, 0.05) is 0 Å². The van der Waals surface area contributed by atoms with Crippen molar-refractivity contribution in [2.75, 3.05) is 12.3 Å². The fourth-order valence-electron chi connectivity index (χ4n) is 1.19. The quantitative estimate of drug-likeness (QED) is 0.375. The summed E-state index contributed by atoms with van der Waals surface area (Å²) in [5.74, 6) is 1.36. The van der Waals surface area contributed by atoms with Crippen LogP contribution in [-0.2, 0) is 24.1 Å². The van der Waals surface area contributed by atoms with Gasteiger partial charge in [0.15, 0.2) is 0 Å². The SMILES string of the molecule is CC(C)CP(=S)([S-])CC(C)C.[Li+]. The van der Waals surface area contributed by atoms with Crippen LogP contribution in [0.2, 0.25) is 0 Å². The van der Waals surface area contributed by atoms with E-state index < -0.39 is 5.24 Å². The van der Waals surface area contributed by atoms with E-state index in [-0.39, 0.29) is 18.9 Å². The number of hydrogen-bond acceptors (Lipinski definition) is 2. The normalized spacial score (nSPS) is 11.9. The van der Waals surface area contributed by atoms with Crippen LogP contribution in [0.4, 0.5) is 0 Å². The molecule has 0 nitrogen and oxygen atoms in total. The summed E-state index contributed by atoms with van der Waals surface area (Å²) >= 11 is 10.8. The van der Waals surface area contributed by atoms with Gasteiger partial charge in [-0.25, -0.2) is 0 Å². The van der Waals surface area contributed by atoms with E-state index in [2.05, 4.69) is 27.7 Å². The van der Waals surface area contributed by atoms with Crippen LogP contribution in [0.3, 0.4) is 0 Å². The van der Waals surface area contributed by atoms with Crippen molar-refractivity contribution >= 4 is 29.3 Å². The standard InChI is InChI=1S/C8H19PS2.Li/c1-7(2)5-9(10,11)6-8(3)4;/h7-8H,5-6H2,1-4H3,(H,10,11);/q;+1/p-1. The molecule has 0 saturated heterocycles. The minimum absolute atomic E-state index is 0. The fraction of sp³-hybridized carbons (Fsp3) is 1.00. The second-order valence-electron chi connectivity index (χ2n) is 3.97. The molecule has 0 aliphatic carbocycles. The maximum atomic E-state index is 5.42. The van der Waals surface area contributed by atoms with E-state index in [9.17, 15) is 0 Å². The second-order valence-corrected chi connectivity index (χ2v) is 11.2. The van der Waals surface area contributed by atoms with Gasteiger partial charge >= 0.3 is 18.9 Å². The molecule has 0 spiro atoms. The summed E-state index contributed by atoms with van der Waals surface area (Å²) in [6.07, 6.45) is 2.19. The van der Waals surface area contributed by atoms with Gasteiger partial charge in [-0.3, -0.25) is 0 Å². The molecular weight excluding hydrogens is 198 g/mol. The zero-order valence-corrected chi connectivity index (χ0v) is 11.4. The molecule has 0 atom stereocenters. The van der Waals surface area contributed by atoms with Gasteiger partial charge in [-0.1, -0.05) is 27.7 Å². The zero-order valence-electron chi connectivity index (χ0n) is 8.83. The smallest absolute Gasteiger partial charge is 0.746 e. The summed E-state index contributed by atoms with van der Waals surface area (Å²) in [6.45, 7) is 8.81. The molecule has 0 bridgehead atoms. The van der Waals surface area contributed by atoms with E-state index >= 15 is 0 Å². The Hall–Kier alpha value is 1.60. The summed E-state index contributed by atoms with van der Waals surface area (Å²) in [4.78, 5) is 0. The van der Waals surface area contributed by atoms with Crippen LogP contribution in [0, 0.1) is 11.8 Å². The van der Waals surface area contributed by atoms with Gasteiger partial charge in [-0.05, 0) is 24.2 Å². The molecule has 0 heterocycles. The topological polar surface area (TPSA) is 0 Å². The Kier molecular flexibility index (Phi) is 9.31. The fourth-order valence-corrected chi connectivity index (χ4v) is 7.14. The largest absolute Gasteiger partial charge is 1.00 e. The Morgan fingerprint density at radius 2 is 1.33 bits per heavy atom. The van der Waals surface area contributed by atoms with Crippen molar-refractivity contribution < 1.29 is 18.9 Å². The predicted molar refractivity (Wildman–Crippen MR) is 61.1 cm³/mol. The van der Waals surface area contributed by atoms with Crippen LogP contribution < -0.4 is 18.9 Å². The van der Waals surface area contributed by atoms with E-state index in [1.807, 2.05) is 0 Å². The van der Waals surface area contributed by atoms with Gasteiger partial charge in [0.05, 0.1) is 0 Å². The molecule has 4 heteroatoms. The average molecular weight is 216 g/mol. The first kappa shape index (κ1) is 16.0. The van der Waals surface area contributed by atoms with E-state index in [4.69, 9.17) is 24.1 Å². The molecule has 0 radical (unpaired) electrons. The Labute approximate surface area is 99.6 Å². The Morgan fingerprint density at radius 1 is 1.08 bits per heavy atom. The van der Waals surface area contributed by atoms with Crippen molar-refractivity contribution in [3.8, 4) is 0 Å². The molecule has 0 unspecified atom stereocenters. The van der Waals surface area contributed by atoms with Crippen LogP contribution in [-0.4, -0.2) is 12.3 Å². The first-order chi connectivity index (χ1) is 4.83. The Morgan fingerprint density at radius 3 is 1.50 bits per heavy atom. The van der Waals surface area contributed by atoms with Gasteiger partial charge in [0.2, 0.25) is 0 Å². The van der Waals surface area contributed by atoms with Crippen molar-refractivity contribution in [1.29, 1.82) is 0 Å². The molecule has 0 aromatic heterocycles. The first-order valence-corrected chi connectivity index (χ1v) is 8.31. The van der Waals surface area contributed by atoms with E-state index in [0.29, 0.717) is 11.8 Å². The minimum Gasteiger partial charge on any atom is -0.746 e. The minimum atomic E-state index is -1.39. The summed E-state index contributed by atoms with van der Waals surface area (Å²) in [5.41, 5.74) is 0. The predicted octanol–water partition coefficient (Wildman–Crippen LogP) is 0.244. The van der Waals surface area contributed by atoms with Gasteiger partial charge in [0.25, 0.3) is 0 Å². The molecule has 0 aliphatic rings. The third-order valence-corrected chi connectivity index (χ3v) is 5.65. The van der Waals surface area contributed by atoms with Crippen LogP contribution in [0.25, 0.3) is 0 Å². The molecule has 0 aromatic rings. The summed E-state index contributed by atoms with van der Waals surface area (Å²) in [5, 5.41) is -1.39. The van der Waals surface area contributed by atoms with E-state index in [1.165, 1.54) is 0 Å². The molecule has 68 valence electrons. The summed E-state index contributed by atoms with van der Waals surface area (Å²) in [7, 11) is 0. The van der Waals surface area contributed by atoms with Crippen LogP contribution >= 0.6 is 5.24 Å². The van der Waals surface area contributed by atoms with Crippen molar-refractivity contribution in [1.82, 2.24) is 0 Å². The molecular formula is C8H18LiPS2. The van der Waals surface area contributed by atoms with Gasteiger partial charge < -0.3 is 12.2 Å². The van der Waals surface area contributed by atoms with Crippen molar-refractivity contribution in [3.63, 3.8) is 0 Å². The monoisotopic (exact) mass is 216 g/mol. The molecule has 0 amide bonds. The third kappa shape index (κ3) is 9.68. The Bertz CT molecular complexity index is 143. The summed E-state index contributed by atoms with van der Waals surface area (Å²) < 4.78 is 0. The maximum Gasteiger partial charge on any atom is 1.00 e.